The Bertz CT molecular complexity index is 866. The molecule has 1 fully saturated rings. The van der Waals surface area contributed by atoms with Crippen molar-refractivity contribution in [2.45, 2.75) is 32.2 Å². The molecule has 1 aliphatic heterocycles. The van der Waals surface area contributed by atoms with Gasteiger partial charge in [-0.05, 0) is 48.1 Å². The van der Waals surface area contributed by atoms with Crippen LogP contribution in [0.5, 0.6) is 0 Å². The van der Waals surface area contributed by atoms with Crippen molar-refractivity contribution in [2.24, 2.45) is 11.1 Å². The van der Waals surface area contributed by atoms with Gasteiger partial charge in [0, 0.05) is 24.1 Å². The number of ether oxygens (including phenoxy) is 1. The second-order valence-electron chi connectivity index (χ2n) is 7.81. The van der Waals surface area contributed by atoms with Gasteiger partial charge in [0.2, 0.25) is 0 Å². The first-order valence-electron chi connectivity index (χ1n) is 10.2. The standard InChI is InChI=1S/C24H28N2O2/c25-16-20-4-1-2-5-22(20)18-6-8-19(9-7-18)23(27)26-17-24(12-3-13-24)21-10-14-28-15-11-21/h1-2,4-10H,3,11-17,25H2,(H,26,27). The summed E-state index contributed by atoms with van der Waals surface area (Å²) in [6, 6.07) is 15.9. The van der Waals surface area contributed by atoms with Crippen molar-refractivity contribution in [1.82, 2.24) is 5.32 Å². The molecule has 1 heterocycles. The fourth-order valence-corrected chi connectivity index (χ4v) is 4.36. The van der Waals surface area contributed by atoms with E-state index >= 15 is 0 Å². The van der Waals surface area contributed by atoms with Crippen LogP contribution in [0.1, 0.15) is 41.6 Å². The average molecular weight is 377 g/mol. The fraction of sp³-hybridized carbons (Fsp3) is 0.375. The summed E-state index contributed by atoms with van der Waals surface area (Å²) in [5.41, 5.74) is 11.5. The van der Waals surface area contributed by atoms with Crippen LogP contribution in [0.15, 0.2) is 60.2 Å². The molecule has 4 nitrogen and oxygen atoms in total. The molecule has 2 aliphatic rings. The van der Waals surface area contributed by atoms with Crippen molar-refractivity contribution < 1.29 is 9.53 Å². The molecule has 1 amide bonds. The molecule has 0 spiro atoms. The Morgan fingerprint density at radius 3 is 2.54 bits per heavy atom. The number of hydrogen-bond donors (Lipinski definition) is 2. The summed E-state index contributed by atoms with van der Waals surface area (Å²) < 4.78 is 5.45. The number of carbonyl (C=O) groups excluding carboxylic acids is 1. The first-order chi connectivity index (χ1) is 13.7. The second-order valence-corrected chi connectivity index (χ2v) is 7.81. The topological polar surface area (TPSA) is 64.4 Å². The van der Waals surface area contributed by atoms with Gasteiger partial charge in [0.25, 0.3) is 5.91 Å². The summed E-state index contributed by atoms with van der Waals surface area (Å²) >= 11 is 0. The zero-order valence-corrected chi connectivity index (χ0v) is 16.2. The molecular weight excluding hydrogens is 348 g/mol. The molecule has 1 aliphatic carbocycles. The van der Waals surface area contributed by atoms with Crippen LogP contribution in [0.3, 0.4) is 0 Å². The molecule has 0 bridgehead atoms. The molecule has 0 saturated heterocycles. The van der Waals surface area contributed by atoms with Gasteiger partial charge in [0.15, 0.2) is 0 Å². The van der Waals surface area contributed by atoms with Crippen LogP contribution in [-0.2, 0) is 11.3 Å². The van der Waals surface area contributed by atoms with E-state index in [0.717, 1.165) is 49.1 Å². The van der Waals surface area contributed by atoms with Crippen molar-refractivity contribution in [2.75, 3.05) is 19.8 Å². The third-order valence-corrected chi connectivity index (χ3v) is 6.24. The Balaban J connectivity index is 1.43. The Morgan fingerprint density at radius 2 is 1.89 bits per heavy atom. The Labute approximate surface area is 166 Å². The summed E-state index contributed by atoms with van der Waals surface area (Å²) in [4.78, 5) is 12.7. The molecule has 2 aromatic rings. The van der Waals surface area contributed by atoms with Gasteiger partial charge >= 0.3 is 0 Å². The zero-order valence-electron chi connectivity index (χ0n) is 16.2. The lowest BCUT2D eigenvalue weighted by molar-refractivity contribution is 0.0879. The number of nitrogens with two attached hydrogens (primary N) is 1. The van der Waals surface area contributed by atoms with Gasteiger partial charge in [-0.15, -0.1) is 0 Å². The van der Waals surface area contributed by atoms with Crippen LogP contribution in [0.25, 0.3) is 11.1 Å². The van der Waals surface area contributed by atoms with Crippen LogP contribution in [-0.4, -0.2) is 25.7 Å². The maximum Gasteiger partial charge on any atom is 0.251 e. The molecule has 0 atom stereocenters. The molecule has 2 aromatic carbocycles. The lowest BCUT2D eigenvalue weighted by Gasteiger charge is -2.45. The molecule has 28 heavy (non-hydrogen) atoms. The number of rotatable bonds is 6. The summed E-state index contributed by atoms with van der Waals surface area (Å²) in [5.74, 6) is -0.00223. The lowest BCUT2D eigenvalue weighted by Crippen LogP contribution is -2.44. The maximum atomic E-state index is 12.7. The van der Waals surface area contributed by atoms with E-state index in [1.54, 1.807) is 0 Å². The van der Waals surface area contributed by atoms with E-state index in [2.05, 4.69) is 17.5 Å². The molecule has 1 saturated carbocycles. The summed E-state index contributed by atoms with van der Waals surface area (Å²) in [6.07, 6.45) is 6.77. The van der Waals surface area contributed by atoms with E-state index in [0.29, 0.717) is 18.7 Å². The van der Waals surface area contributed by atoms with Crippen LogP contribution in [0.2, 0.25) is 0 Å². The van der Waals surface area contributed by atoms with E-state index in [1.165, 1.54) is 12.0 Å². The minimum atomic E-state index is -0.00223. The van der Waals surface area contributed by atoms with Crippen molar-refractivity contribution in [1.29, 1.82) is 0 Å². The second kappa shape index (κ2) is 8.29. The van der Waals surface area contributed by atoms with Gasteiger partial charge in [0.05, 0.1) is 13.2 Å². The SMILES string of the molecule is NCc1ccccc1-c1ccc(C(=O)NCC2(C3=CCOCC3)CCC2)cc1. The van der Waals surface area contributed by atoms with E-state index in [-0.39, 0.29) is 11.3 Å². The minimum Gasteiger partial charge on any atom is -0.377 e. The predicted molar refractivity (Wildman–Crippen MR) is 112 cm³/mol. The highest BCUT2D eigenvalue weighted by Crippen LogP contribution is 2.48. The van der Waals surface area contributed by atoms with Crippen molar-refractivity contribution in [3.8, 4) is 11.1 Å². The van der Waals surface area contributed by atoms with Gasteiger partial charge in [0.1, 0.15) is 0 Å². The zero-order chi connectivity index (χ0) is 19.4. The molecule has 0 unspecified atom stereocenters. The molecule has 4 rings (SSSR count). The third-order valence-electron chi connectivity index (χ3n) is 6.24. The highest BCUT2D eigenvalue weighted by molar-refractivity contribution is 5.94. The number of nitrogens with one attached hydrogen (secondary N) is 1. The van der Waals surface area contributed by atoms with Gasteiger partial charge in [-0.1, -0.05) is 54.5 Å². The number of hydrogen-bond acceptors (Lipinski definition) is 3. The van der Waals surface area contributed by atoms with Crippen LogP contribution in [0.4, 0.5) is 0 Å². The van der Waals surface area contributed by atoms with Gasteiger partial charge in [-0.3, -0.25) is 4.79 Å². The summed E-state index contributed by atoms with van der Waals surface area (Å²) in [7, 11) is 0. The first-order valence-corrected chi connectivity index (χ1v) is 10.2. The first kappa shape index (κ1) is 18.9. The molecule has 3 N–H and O–H groups in total. The average Bonchev–Trinajstić information content (AvgIpc) is 2.73. The minimum absolute atomic E-state index is 0.00223. The molecule has 0 aromatic heterocycles. The van der Waals surface area contributed by atoms with Crippen molar-refractivity contribution in [3.63, 3.8) is 0 Å². The molecule has 146 valence electrons. The van der Waals surface area contributed by atoms with Crippen molar-refractivity contribution >= 4 is 5.91 Å². The van der Waals surface area contributed by atoms with Crippen molar-refractivity contribution in [3.05, 3.63) is 71.3 Å². The highest BCUT2D eigenvalue weighted by Gasteiger charge is 2.40. The van der Waals surface area contributed by atoms with E-state index in [4.69, 9.17) is 10.5 Å². The Kier molecular flexibility index (Phi) is 5.60. The van der Waals surface area contributed by atoms with Gasteiger partial charge in [-0.2, -0.15) is 0 Å². The predicted octanol–water partition coefficient (Wildman–Crippen LogP) is 4.06. The third kappa shape index (κ3) is 3.75. The van der Waals surface area contributed by atoms with Crippen LogP contribution < -0.4 is 11.1 Å². The smallest absolute Gasteiger partial charge is 0.251 e. The maximum absolute atomic E-state index is 12.7. The number of carbonyl (C=O) groups is 1. The lowest BCUT2D eigenvalue weighted by atomic mass is 9.63. The quantitative estimate of drug-likeness (QED) is 0.747. The molecule has 4 heteroatoms. The highest BCUT2D eigenvalue weighted by atomic mass is 16.5. The Morgan fingerprint density at radius 1 is 1.11 bits per heavy atom. The van der Waals surface area contributed by atoms with Gasteiger partial charge < -0.3 is 15.8 Å². The van der Waals surface area contributed by atoms with Crippen LogP contribution in [0, 0.1) is 5.41 Å². The fourth-order valence-electron chi connectivity index (χ4n) is 4.36. The summed E-state index contributed by atoms with van der Waals surface area (Å²) in [5, 5.41) is 3.18. The van der Waals surface area contributed by atoms with Gasteiger partial charge in [-0.25, -0.2) is 0 Å². The molecular formula is C24H28N2O2. The van der Waals surface area contributed by atoms with E-state index in [9.17, 15) is 4.79 Å². The molecule has 0 radical (unpaired) electrons. The largest absolute Gasteiger partial charge is 0.377 e. The summed E-state index contributed by atoms with van der Waals surface area (Å²) in [6.45, 7) is 2.72. The van der Waals surface area contributed by atoms with E-state index < -0.39 is 0 Å². The normalized spacial score (nSPS) is 18.1. The van der Waals surface area contributed by atoms with Crippen LogP contribution >= 0.6 is 0 Å². The number of amides is 1. The number of benzene rings is 2. The Hall–Kier alpha value is -2.43. The van der Waals surface area contributed by atoms with E-state index in [1.807, 2.05) is 42.5 Å². The monoisotopic (exact) mass is 376 g/mol.